The molecule has 3 rings (SSSR count). The standard InChI is InChI=1S/C18H23NO3/c1-3-9-18(12-20)10-6-11-19(18)17(21)16-13(2)14-7-4-5-8-15(14)22-16/h4-5,7-8,20H,3,6,9-12H2,1-2H3. The molecule has 1 aromatic carbocycles. The number of nitrogens with zero attached hydrogens (tertiary/aromatic N) is 1. The van der Waals surface area contributed by atoms with Gasteiger partial charge in [-0.1, -0.05) is 31.5 Å². The molecule has 0 spiro atoms. The molecule has 1 aromatic heterocycles. The number of amides is 1. The minimum Gasteiger partial charge on any atom is -0.451 e. The van der Waals surface area contributed by atoms with E-state index in [0.29, 0.717) is 12.3 Å². The molecule has 1 fully saturated rings. The van der Waals surface area contributed by atoms with Gasteiger partial charge in [-0.15, -0.1) is 0 Å². The summed E-state index contributed by atoms with van der Waals surface area (Å²) in [6.45, 7) is 4.72. The van der Waals surface area contributed by atoms with Crippen LogP contribution in [0.4, 0.5) is 0 Å². The van der Waals surface area contributed by atoms with Crippen molar-refractivity contribution in [3.63, 3.8) is 0 Å². The number of rotatable bonds is 4. The number of carbonyl (C=O) groups is 1. The van der Waals surface area contributed by atoms with Crippen LogP contribution in [0, 0.1) is 6.92 Å². The largest absolute Gasteiger partial charge is 0.451 e. The zero-order valence-electron chi connectivity index (χ0n) is 13.3. The van der Waals surface area contributed by atoms with Crippen LogP contribution in [0.3, 0.4) is 0 Å². The van der Waals surface area contributed by atoms with Crippen LogP contribution < -0.4 is 0 Å². The van der Waals surface area contributed by atoms with Gasteiger partial charge in [0, 0.05) is 17.5 Å². The molecule has 1 aliphatic rings. The lowest BCUT2D eigenvalue weighted by atomic mass is 9.91. The van der Waals surface area contributed by atoms with Gasteiger partial charge < -0.3 is 14.4 Å². The lowest BCUT2D eigenvalue weighted by Gasteiger charge is -2.36. The molecule has 0 aliphatic carbocycles. The minimum absolute atomic E-state index is 0.0197. The van der Waals surface area contributed by atoms with Crippen LogP contribution in [0.5, 0.6) is 0 Å². The molecular formula is C18H23NO3. The molecule has 4 heteroatoms. The maximum atomic E-state index is 13.0. The number of aliphatic hydroxyl groups is 1. The number of para-hydroxylation sites is 1. The average Bonchev–Trinajstić information content (AvgIpc) is 3.10. The SMILES string of the molecule is CCCC1(CO)CCCN1C(=O)c1oc2ccccc2c1C. The molecule has 1 saturated heterocycles. The predicted octanol–water partition coefficient (Wildman–Crippen LogP) is 3.51. The number of furan rings is 1. The van der Waals surface area contributed by atoms with Crippen LogP contribution in [-0.2, 0) is 0 Å². The molecule has 4 nitrogen and oxygen atoms in total. The highest BCUT2D eigenvalue weighted by molar-refractivity contribution is 5.99. The van der Waals surface area contributed by atoms with E-state index < -0.39 is 5.54 Å². The number of hydrogen-bond donors (Lipinski definition) is 1. The first kappa shape index (κ1) is 15.1. The molecule has 0 saturated carbocycles. The van der Waals surface area contributed by atoms with E-state index in [9.17, 15) is 9.90 Å². The Morgan fingerprint density at radius 2 is 2.18 bits per heavy atom. The van der Waals surface area contributed by atoms with Crippen molar-refractivity contribution in [1.82, 2.24) is 4.90 Å². The van der Waals surface area contributed by atoms with Crippen molar-refractivity contribution in [2.24, 2.45) is 0 Å². The second kappa shape index (κ2) is 5.76. The highest BCUT2D eigenvalue weighted by atomic mass is 16.3. The summed E-state index contributed by atoms with van der Waals surface area (Å²) in [5.41, 5.74) is 1.21. The quantitative estimate of drug-likeness (QED) is 0.940. The van der Waals surface area contributed by atoms with Crippen LogP contribution in [0.2, 0.25) is 0 Å². The Labute approximate surface area is 130 Å². The number of likely N-dealkylation sites (tertiary alicyclic amines) is 1. The Kier molecular flexibility index (Phi) is 3.96. The molecule has 2 aromatic rings. The first-order chi connectivity index (χ1) is 10.6. The summed E-state index contributed by atoms with van der Waals surface area (Å²) >= 11 is 0. The minimum atomic E-state index is -0.419. The summed E-state index contributed by atoms with van der Waals surface area (Å²) in [6, 6.07) is 7.71. The first-order valence-corrected chi connectivity index (χ1v) is 8.04. The van der Waals surface area contributed by atoms with Crippen molar-refractivity contribution in [3.05, 3.63) is 35.6 Å². The van der Waals surface area contributed by atoms with Gasteiger partial charge in [0.05, 0.1) is 12.1 Å². The predicted molar refractivity (Wildman–Crippen MR) is 85.9 cm³/mol. The van der Waals surface area contributed by atoms with Crippen molar-refractivity contribution in [2.45, 2.75) is 45.1 Å². The molecule has 22 heavy (non-hydrogen) atoms. The van der Waals surface area contributed by atoms with Gasteiger partial charge in [0.25, 0.3) is 5.91 Å². The van der Waals surface area contributed by atoms with Gasteiger partial charge in [0.15, 0.2) is 5.76 Å². The van der Waals surface area contributed by atoms with E-state index in [0.717, 1.165) is 42.2 Å². The number of aryl methyl sites for hydroxylation is 1. The second-order valence-electron chi connectivity index (χ2n) is 6.25. The summed E-state index contributed by atoms with van der Waals surface area (Å²) in [7, 11) is 0. The van der Waals surface area contributed by atoms with Crippen molar-refractivity contribution < 1.29 is 14.3 Å². The van der Waals surface area contributed by atoms with Crippen molar-refractivity contribution in [2.75, 3.05) is 13.2 Å². The fraction of sp³-hybridized carbons (Fsp3) is 0.500. The summed E-state index contributed by atoms with van der Waals surface area (Å²) in [6.07, 6.45) is 3.58. The smallest absolute Gasteiger partial charge is 0.290 e. The number of carbonyl (C=O) groups excluding carboxylic acids is 1. The maximum absolute atomic E-state index is 13.0. The molecule has 2 heterocycles. The van der Waals surface area contributed by atoms with Gasteiger partial charge in [-0.05, 0) is 32.3 Å². The third-order valence-electron chi connectivity index (χ3n) is 4.89. The lowest BCUT2D eigenvalue weighted by Crippen LogP contribution is -2.50. The fourth-order valence-electron chi connectivity index (χ4n) is 3.72. The molecular weight excluding hydrogens is 278 g/mol. The topological polar surface area (TPSA) is 53.7 Å². The number of hydrogen-bond acceptors (Lipinski definition) is 3. The van der Waals surface area contributed by atoms with Crippen LogP contribution >= 0.6 is 0 Å². The van der Waals surface area contributed by atoms with E-state index >= 15 is 0 Å². The van der Waals surface area contributed by atoms with Crippen LogP contribution in [-0.4, -0.2) is 34.6 Å². The van der Waals surface area contributed by atoms with E-state index in [1.54, 1.807) is 0 Å². The second-order valence-corrected chi connectivity index (χ2v) is 6.25. The van der Waals surface area contributed by atoms with E-state index in [1.165, 1.54) is 0 Å². The Balaban J connectivity index is 2.00. The zero-order chi connectivity index (χ0) is 15.7. The fourth-order valence-corrected chi connectivity index (χ4v) is 3.72. The zero-order valence-corrected chi connectivity index (χ0v) is 13.3. The number of aliphatic hydroxyl groups excluding tert-OH is 1. The number of benzene rings is 1. The van der Waals surface area contributed by atoms with E-state index in [4.69, 9.17) is 4.42 Å². The van der Waals surface area contributed by atoms with E-state index in [-0.39, 0.29) is 12.5 Å². The summed E-state index contributed by atoms with van der Waals surface area (Å²) in [5, 5.41) is 10.9. The molecule has 118 valence electrons. The molecule has 0 bridgehead atoms. The summed E-state index contributed by atoms with van der Waals surface area (Å²) in [4.78, 5) is 14.8. The molecule has 0 radical (unpaired) electrons. The van der Waals surface area contributed by atoms with Gasteiger partial charge in [-0.3, -0.25) is 4.79 Å². The van der Waals surface area contributed by atoms with Crippen LogP contribution in [0.1, 0.15) is 48.7 Å². The van der Waals surface area contributed by atoms with Crippen molar-refractivity contribution in [1.29, 1.82) is 0 Å². The maximum Gasteiger partial charge on any atom is 0.290 e. The van der Waals surface area contributed by atoms with Crippen LogP contribution in [0.25, 0.3) is 11.0 Å². The van der Waals surface area contributed by atoms with E-state index in [2.05, 4.69) is 6.92 Å². The molecule has 1 aliphatic heterocycles. The monoisotopic (exact) mass is 301 g/mol. The Morgan fingerprint density at radius 3 is 2.86 bits per heavy atom. The summed E-state index contributed by atoms with van der Waals surface area (Å²) < 4.78 is 5.82. The highest BCUT2D eigenvalue weighted by Crippen LogP contribution is 2.36. The normalized spacial score (nSPS) is 21.7. The number of fused-ring (bicyclic) bond motifs is 1. The first-order valence-electron chi connectivity index (χ1n) is 8.04. The molecule has 1 atom stereocenters. The van der Waals surface area contributed by atoms with Crippen LogP contribution in [0.15, 0.2) is 28.7 Å². The van der Waals surface area contributed by atoms with Gasteiger partial charge in [-0.25, -0.2) is 0 Å². The van der Waals surface area contributed by atoms with Crippen molar-refractivity contribution in [3.8, 4) is 0 Å². The van der Waals surface area contributed by atoms with Gasteiger partial charge in [-0.2, -0.15) is 0 Å². The average molecular weight is 301 g/mol. The third kappa shape index (κ3) is 2.22. The van der Waals surface area contributed by atoms with Gasteiger partial charge in [0.1, 0.15) is 5.58 Å². The molecule has 1 amide bonds. The van der Waals surface area contributed by atoms with E-state index in [1.807, 2.05) is 36.1 Å². The molecule has 1 unspecified atom stereocenters. The van der Waals surface area contributed by atoms with Crippen molar-refractivity contribution >= 4 is 16.9 Å². The van der Waals surface area contributed by atoms with Gasteiger partial charge in [0.2, 0.25) is 0 Å². The molecule has 1 N–H and O–H groups in total. The Hall–Kier alpha value is -1.81. The highest BCUT2D eigenvalue weighted by Gasteiger charge is 2.43. The third-order valence-corrected chi connectivity index (χ3v) is 4.89. The van der Waals surface area contributed by atoms with Gasteiger partial charge >= 0.3 is 0 Å². The Morgan fingerprint density at radius 1 is 1.41 bits per heavy atom. The Bertz CT molecular complexity index is 691. The summed E-state index contributed by atoms with van der Waals surface area (Å²) in [5.74, 6) is 0.325. The lowest BCUT2D eigenvalue weighted by molar-refractivity contribution is 0.0351.